The number of amides is 1. The minimum Gasteiger partial charge on any atom is -0.393 e. The maximum atomic E-state index is 12.4. The molecule has 2 heterocycles. The van der Waals surface area contributed by atoms with E-state index in [9.17, 15) is 9.90 Å². The van der Waals surface area contributed by atoms with Gasteiger partial charge in [0.1, 0.15) is 5.82 Å². The maximum Gasteiger partial charge on any atom is 0.274 e. The number of rotatable bonds is 4. The molecule has 0 bridgehead atoms. The van der Waals surface area contributed by atoms with Crippen LogP contribution in [-0.2, 0) is 0 Å². The third-order valence-electron chi connectivity index (χ3n) is 4.55. The minimum atomic E-state index is -0.250. The summed E-state index contributed by atoms with van der Waals surface area (Å²) in [5, 5.41) is 21.1. The zero-order chi connectivity index (χ0) is 14.8. The monoisotopic (exact) mass is 290 g/mol. The Bertz CT molecular complexity index is 505. The van der Waals surface area contributed by atoms with Gasteiger partial charge in [-0.15, -0.1) is 10.2 Å². The van der Waals surface area contributed by atoms with E-state index in [1.807, 2.05) is 0 Å². The van der Waals surface area contributed by atoms with Crippen molar-refractivity contribution in [2.45, 2.75) is 32.3 Å². The van der Waals surface area contributed by atoms with E-state index in [0.717, 1.165) is 32.4 Å². The number of likely N-dealkylation sites (tertiary alicyclic amines) is 1. The van der Waals surface area contributed by atoms with Crippen LogP contribution < -0.4 is 5.32 Å². The predicted molar refractivity (Wildman–Crippen MR) is 78.9 cm³/mol. The van der Waals surface area contributed by atoms with E-state index in [0.29, 0.717) is 24.0 Å². The Kier molecular flexibility index (Phi) is 4.05. The first kappa shape index (κ1) is 14.3. The largest absolute Gasteiger partial charge is 0.393 e. The van der Waals surface area contributed by atoms with Crippen LogP contribution in [0.3, 0.4) is 0 Å². The normalized spacial score (nSPS) is 27.7. The van der Waals surface area contributed by atoms with Gasteiger partial charge in [-0.05, 0) is 37.3 Å². The van der Waals surface area contributed by atoms with Crippen molar-refractivity contribution in [1.29, 1.82) is 0 Å². The van der Waals surface area contributed by atoms with Crippen molar-refractivity contribution in [3.8, 4) is 0 Å². The third-order valence-corrected chi connectivity index (χ3v) is 4.55. The van der Waals surface area contributed by atoms with Crippen molar-refractivity contribution in [2.24, 2.45) is 11.8 Å². The molecule has 114 valence electrons. The van der Waals surface area contributed by atoms with Crippen molar-refractivity contribution in [3.63, 3.8) is 0 Å². The number of carbonyl (C=O) groups excluding carboxylic acids is 1. The number of anilines is 1. The standard InChI is InChI=1S/C15H22N4O2/c1-2-7-16-14-6-4-12(17-18-14)15(21)19-8-10-3-5-13(20)11(10)9-19/h4,6,10-11,13,20H,2-3,5,7-9H2,1H3,(H,16,18). The Hall–Kier alpha value is -1.69. The average molecular weight is 290 g/mol. The highest BCUT2D eigenvalue weighted by molar-refractivity contribution is 5.92. The van der Waals surface area contributed by atoms with E-state index in [2.05, 4.69) is 22.4 Å². The van der Waals surface area contributed by atoms with Gasteiger partial charge in [0.05, 0.1) is 6.10 Å². The molecule has 1 aromatic heterocycles. The molecular formula is C15H22N4O2. The first-order valence-electron chi connectivity index (χ1n) is 7.74. The van der Waals surface area contributed by atoms with Crippen LogP contribution in [0.1, 0.15) is 36.7 Å². The minimum absolute atomic E-state index is 0.0776. The van der Waals surface area contributed by atoms with Crippen LogP contribution in [-0.4, -0.2) is 51.8 Å². The molecule has 2 N–H and O–H groups in total. The quantitative estimate of drug-likeness (QED) is 0.869. The number of fused-ring (bicyclic) bond motifs is 1. The van der Waals surface area contributed by atoms with Gasteiger partial charge in [0, 0.05) is 25.6 Å². The fourth-order valence-electron chi connectivity index (χ4n) is 3.36. The summed E-state index contributed by atoms with van der Waals surface area (Å²) in [6.45, 7) is 4.30. The summed E-state index contributed by atoms with van der Waals surface area (Å²) in [5.74, 6) is 1.31. The molecule has 0 radical (unpaired) electrons. The van der Waals surface area contributed by atoms with Gasteiger partial charge in [0.15, 0.2) is 5.69 Å². The van der Waals surface area contributed by atoms with Gasteiger partial charge in [-0.3, -0.25) is 4.79 Å². The molecule has 1 aliphatic heterocycles. The van der Waals surface area contributed by atoms with E-state index in [-0.39, 0.29) is 17.9 Å². The number of hydrogen-bond donors (Lipinski definition) is 2. The van der Waals surface area contributed by atoms with Crippen molar-refractivity contribution in [2.75, 3.05) is 25.0 Å². The number of nitrogens with one attached hydrogen (secondary N) is 1. The number of carbonyl (C=O) groups is 1. The van der Waals surface area contributed by atoms with Crippen molar-refractivity contribution in [1.82, 2.24) is 15.1 Å². The van der Waals surface area contributed by atoms with E-state index < -0.39 is 0 Å². The molecule has 1 saturated heterocycles. The van der Waals surface area contributed by atoms with Gasteiger partial charge < -0.3 is 15.3 Å². The summed E-state index contributed by atoms with van der Waals surface area (Å²) in [4.78, 5) is 14.2. The van der Waals surface area contributed by atoms with Crippen molar-refractivity contribution < 1.29 is 9.90 Å². The Labute approximate surface area is 124 Å². The lowest BCUT2D eigenvalue weighted by Gasteiger charge is -2.17. The fraction of sp³-hybridized carbons (Fsp3) is 0.667. The lowest BCUT2D eigenvalue weighted by Crippen LogP contribution is -2.31. The molecule has 21 heavy (non-hydrogen) atoms. The zero-order valence-corrected chi connectivity index (χ0v) is 12.3. The number of aromatic nitrogens is 2. The highest BCUT2D eigenvalue weighted by Crippen LogP contribution is 2.38. The molecule has 3 unspecified atom stereocenters. The van der Waals surface area contributed by atoms with Gasteiger partial charge in [0.25, 0.3) is 5.91 Å². The van der Waals surface area contributed by atoms with E-state index in [4.69, 9.17) is 0 Å². The lowest BCUT2D eigenvalue weighted by atomic mass is 10.00. The number of nitrogens with zero attached hydrogens (tertiary/aromatic N) is 3. The van der Waals surface area contributed by atoms with E-state index in [1.165, 1.54) is 0 Å². The third kappa shape index (κ3) is 2.85. The topological polar surface area (TPSA) is 78.4 Å². The highest BCUT2D eigenvalue weighted by Gasteiger charge is 2.43. The van der Waals surface area contributed by atoms with Gasteiger partial charge in [-0.1, -0.05) is 6.92 Å². The van der Waals surface area contributed by atoms with Gasteiger partial charge in [0.2, 0.25) is 0 Å². The summed E-state index contributed by atoms with van der Waals surface area (Å²) in [7, 11) is 0. The number of aliphatic hydroxyl groups is 1. The van der Waals surface area contributed by atoms with E-state index in [1.54, 1.807) is 17.0 Å². The average Bonchev–Trinajstić information content (AvgIpc) is 3.07. The number of hydrogen-bond acceptors (Lipinski definition) is 5. The molecule has 2 aliphatic rings. The molecule has 2 fully saturated rings. The summed E-state index contributed by atoms with van der Waals surface area (Å²) >= 11 is 0. The molecule has 1 amide bonds. The van der Waals surface area contributed by atoms with Crippen LogP contribution >= 0.6 is 0 Å². The van der Waals surface area contributed by atoms with Crippen molar-refractivity contribution in [3.05, 3.63) is 17.8 Å². The lowest BCUT2D eigenvalue weighted by molar-refractivity contribution is 0.0745. The first-order chi connectivity index (χ1) is 10.2. The van der Waals surface area contributed by atoms with Crippen LogP contribution in [0.5, 0.6) is 0 Å². The number of aliphatic hydroxyl groups excluding tert-OH is 1. The molecule has 1 saturated carbocycles. The predicted octanol–water partition coefficient (Wildman–Crippen LogP) is 1.14. The van der Waals surface area contributed by atoms with Gasteiger partial charge >= 0.3 is 0 Å². The highest BCUT2D eigenvalue weighted by atomic mass is 16.3. The molecule has 1 aromatic rings. The van der Waals surface area contributed by atoms with Crippen LogP contribution in [0.15, 0.2) is 12.1 Å². The summed E-state index contributed by atoms with van der Waals surface area (Å²) < 4.78 is 0. The zero-order valence-electron chi connectivity index (χ0n) is 12.3. The Morgan fingerprint density at radius 2 is 2.24 bits per heavy atom. The molecular weight excluding hydrogens is 268 g/mol. The Morgan fingerprint density at radius 1 is 1.38 bits per heavy atom. The second-order valence-corrected chi connectivity index (χ2v) is 6.01. The molecule has 3 rings (SSSR count). The second-order valence-electron chi connectivity index (χ2n) is 6.01. The summed E-state index contributed by atoms with van der Waals surface area (Å²) in [5.41, 5.74) is 0.381. The SMILES string of the molecule is CCCNc1ccc(C(=O)N2CC3CCC(O)C3C2)nn1. The molecule has 6 heteroatoms. The van der Waals surface area contributed by atoms with E-state index >= 15 is 0 Å². The first-order valence-corrected chi connectivity index (χ1v) is 7.74. The van der Waals surface area contributed by atoms with Crippen molar-refractivity contribution >= 4 is 11.7 Å². The Balaban J connectivity index is 1.63. The van der Waals surface area contributed by atoms with Gasteiger partial charge in [-0.25, -0.2) is 0 Å². The second kappa shape index (κ2) is 5.97. The molecule has 0 aromatic carbocycles. The summed E-state index contributed by atoms with van der Waals surface area (Å²) in [6, 6.07) is 3.51. The van der Waals surface area contributed by atoms with Crippen LogP contribution in [0, 0.1) is 11.8 Å². The molecule has 6 nitrogen and oxygen atoms in total. The van der Waals surface area contributed by atoms with Crippen LogP contribution in [0.2, 0.25) is 0 Å². The molecule has 3 atom stereocenters. The van der Waals surface area contributed by atoms with Crippen LogP contribution in [0.4, 0.5) is 5.82 Å². The fourth-order valence-corrected chi connectivity index (χ4v) is 3.36. The maximum absolute atomic E-state index is 12.4. The van der Waals surface area contributed by atoms with Gasteiger partial charge in [-0.2, -0.15) is 0 Å². The smallest absolute Gasteiger partial charge is 0.274 e. The summed E-state index contributed by atoms with van der Waals surface area (Å²) in [6.07, 6.45) is 2.65. The van der Waals surface area contributed by atoms with Crippen LogP contribution in [0.25, 0.3) is 0 Å². The Morgan fingerprint density at radius 3 is 2.90 bits per heavy atom. The molecule has 0 spiro atoms. The molecule has 1 aliphatic carbocycles.